The largest absolute Gasteiger partial charge is 0.466 e. The average molecular weight is 224 g/mol. The van der Waals surface area contributed by atoms with Crippen LogP contribution in [0.4, 0.5) is 4.79 Å². The molecule has 1 saturated carbocycles. The Kier molecular flexibility index (Phi) is 2.87. The number of carbonyl (C=O) groups excluding carboxylic acids is 1. The van der Waals surface area contributed by atoms with Gasteiger partial charge in [0.2, 0.25) is 0 Å². The Morgan fingerprint density at radius 1 is 1.69 bits per heavy atom. The molecule has 1 heterocycles. The van der Waals surface area contributed by atoms with Crippen LogP contribution in [0.15, 0.2) is 16.5 Å². The molecule has 5 nitrogen and oxygen atoms in total. The number of aryl methyl sites for hydroxylation is 1. The van der Waals surface area contributed by atoms with E-state index in [1.54, 1.807) is 0 Å². The van der Waals surface area contributed by atoms with Crippen LogP contribution in [0.25, 0.3) is 0 Å². The number of rotatable bonds is 4. The van der Waals surface area contributed by atoms with E-state index in [1.807, 2.05) is 19.1 Å². The Morgan fingerprint density at radius 2 is 2.44 bits per heavy atom. The number of amides is 2. The number of carbonyl (C=O) groups is 1. The number of furan rings is 1. The molecule has 2 amide bonds. The standard InChI is InChI=1S/C11H16N2O3/c1-7-2-3-10(16-7)9-6-8(9)4-5-13(15)11(12)14/h2-3,8-9,15H,4-6H2,1H3,(H2,12,14). The third-order valence-corrected chi connectivity index (χ3v) is 3.02. The summed E-state index contributed by atoms with van der Waals surface area (Å²) in [4.78, 5) is 10.6. The van der Waals surface area contributed by atoms with Crippen molar-refractivity contribution in [1.29, 1.82) is 0 Å². The first-order valence-corrected chi connectivity index (χ1v) is 5.40. The minimum Gasteiger partial charge on any atom is -0.466 e. The normalized spacial score (nSPS) is 23.1. The molecule has 2 unspecified atom stereocenters. The molecule has 16 heavy (non-hydrogen) atoms. The molecule has 2 atom stereocenters. The van der Waals surface area contributed by atoms with Crippen LogP contribution < -0.4 is 5.73 Å². The highest BCUT2D eigenvalue weighted by Crippen LogP contribution is 2.49. The summed E-state index contributed by atoms with van der Waals surface area (Å²) in [6, 6.07) is 3.14. The lowest BCUT2D eigenvalue weighted by molar-refractivity contribution is -0.0410. The molecule has 0 saturated heterocycles. The van der Waals surface area contributed by atoms with E-state index in [2.05, 4.69) is 0 Å². The predicted molar refractivity (Wildman–Crippen MR) is 57.0 cm³/mol. The Morgan fingerprint density at radius 3 is 3.00 bits per heavy atom. The quantitative estimate of drug-likeness (QED) is 0.605. The van der Waals surface area contributed by atoms with Crippen LogP contribution in [0.3, 0.4) is 0 Å². The minimum absolute atomic E-state index is 0.288. The number of hydrogen-bond donors (Lipinski definition) is 2. The van der Waals surface area contributed by atoms with Gasteiger partial charge in [-0.2, -0.15) is 0 Å². The summed E-state index contributed by atoms with van der Waals surface area (Å²) in [5.41, 5.74) is 4.91. The van der Waals surface area contributed by atoms with Crippen LogP contribution in [0.1, 0.15) is 30.3 Å². The average Bonchev–Trinajstić information content (AvgIpc) is 2.89. The number of hydroxylamine groups is 2. The number of hydrogen-bond acceptors (Lipinski definition) is 3. The zero-order valence-electron chi connectivity index (χ0n) is 9.22. The molecule has 0 spiro atoms. The molecule has 1 aliphatic carbocycles. The molecule has 1 aliphatic rings. The molecule has 5 heteroatoms. The fourth-order valence-electron chi connectivity index (χ4n) is 1.97. The van der Waals surface area contributed by atoms with Gasteiger partial charge in [-0.3, -0.25) is 5.21 Å². The first-order chi connectivity index (χ1) is 7.58. The number of primary amides is 1. The van der Waals surface area contributed by atoms with Crippen molar-refractivity contribution in [2.75, 3.05) is 6.54 Å². The van der Waals surface area contributed by atoms with Crippen LogP contribution in [-0.2, 0) is 0 Å². The van der Waals surface area contributed by atoms with E-state index >= 15 is 0 Å². The van der Waals surface area contributed by atoms with Gasteiger partial charge in [0.25, 0.3) is 0 Å². The maximum absolute atomic E-state index is 10.6. The predicted octanol–water partition coefficient (Wildman–Crippen LogP) is 1.85. The fraction of sp³-hybridized carbons (Fsp3) is 0.545. The van der Waals surface area contributed by atoms with E-state index in [0.717, 1.165) is 24.4 Å². The van der Waals surface area contributed by atoms with Gasteiger partial charge >= 0.3 is 6.03 Å². The molecular formula is C11H16N2O3. The Labute approximate surface area is 93.8 Å². The van der Waals surface area contributed by atoms with Crippen molar-refractivity contribution in [3.05, 3.63) is 23.7 Å². The van der Waals surface area contributed by atoms with Crippen molar-refractivity contribution in [3.8, 4) is 0 Å². The van der Waals surface area contributed by atoms with Crippen molar-refractivity contribution >= 4 is 6.03 Å². The van der Waals surface area contributed by atoms with E-state index in [1.165, 1.54) is 0 Å². The van der Waals surface area contributed by atoms with Crippen LogP contribution in [0.5, 0.6) is 0 Å². The summed E-state index contributed by atoms with van der Waals surface area (Å²) in [7, 11) is 0. The molecule has 1 aromatic rings. The Bertz CT molecular complexity index is 388. The Balaban J connectivity index is 1.77. The summed E-state index contributed by atoms with van der Waals surface area (Å²) in [5.74, 6) is 2.85. The lowest BCUT2D eigenvalue weighted by Crippen LogP contribution is -2.33. The molecule has 0 radical (unpaired) electrons. The third-order valence-electron chi connectivity index (χ3n) is 3.02. The second kappa shape index (κ2) is 4.17. The fourth-order valence-corrected chi connectivity index (χ4v) is 1.97. The first kappa shape index (κ1) is 11.0. The van der Waals surface area contributed by atoms with Gasteiger partial charge in [0.15, 0.2) is 0 Å². The molecule has 1 aromatic heterocycles. The van der Waals surface area contributed by atoms with Gasteiger partial charge < -0.3 is 10.2 Å². The summed E-state index contributed by atoms with van der Waals surface area (Å²) < 4.78 is 5.52. The van der Waals surface area contributed by atoms with Gasteiger partial charge in [0, 0.05) is 5.92 Å². The maximum Gasteiger partial charge on any atom is 0.338 e. The smallest absolute Gasteiger partial charge is 0.338 e. The second-order valence-electron chi connectivity index (χ2n) is 4.30. The summed E-state index contributed by atoms with van der Waals surface area (Å²) in [5, 5.41) is 9.66. The highest BCUT2D eigenvalue weighted by Gasteiger charge is 2.40. The van der Waals surface area contributed by atoms with Crippen LogP contribution >= 0.6 is 0 Å². The summed E-state index contributed by atoms with van der Waals surface area (Å²) in [6.45, 7) is 2.21. The van der Waals surface area contributed by atoms with Gasteiger partial charge in [0.05, 0.1) is 6.54 Å². The zero-order valence-corrected chi connectivity index (χ0v) is 9.22. The van der Waals surface area contributed by atoms with Gasteiger partial charge in [-0.25, -0.2) is 9.86 Å². The second-order valence-corrected chi connectivity index (χ2v) is 4.30. The highest BCUT2D eigenvalue weighted by atomic mass is 16.5. The van der Waals surface area contributed by atoms with Gasteiger partial charge in [0.1, 0.15) is 11.5 Å². The van der Waals surface area contributed by atoms with Gasteiger partial charge in [-0.15, -0.1) is 0 Å². The van der Waals surface area contributed by atoms with Gasteiger partial charge in [-0.05, 0) is 37.8 Å². The molecule has 0 aromatic carbocycles. The van der Waals surface area contributed by atoms with E-state index in [9.17, 15) is 4.79 Å². The monoisotopic (exact) mass is 224 g/mol. The van der Waals surface area contributed by atoms with Crippen LogP contribution in [0.2, 0.25) is 0 Å². The zero-order chi connectivity index (χ0) is 11.7. The highest BCUT2D eigenvalue weighted by molar-refractivity contribution is 5.70. The van der Waals surface area contributed by atoms with Crippen molar-refractivity contribution in [3.63, 3.8) is 0 Å². The molecule has 2 rings (SSSR count). The van der Waals surface area contributed by atoms with Crippen molar-refractivity contribution in [1.82, 2.24) is 5.06 Å². The minimum atomic E-state index is -0.800. The first-order valence-electron chi connectivity index (χ1n) is 5.40. The molecule has 88 valence electrons. The number of urea groups is 1. The Hall–Kier alpha value is -1.49. The third kappa shape index (κ3) is 2.36. The lowest BCUT2D eigenvalue weighted by Gasteiger charge is -2.10. The molecule has 0 bridgehead atoms. The van der Waals surface area contributed by atoms with E-state index < -0.39 is 6.03 Å². The van der Waals surface area contributed by atoms with Gasteiger partial charge in [-0.1, -0.05) is 0 Å². The SMILES string of the molecule is Cc1ccc(C2CC2CCN(O)C(N)=O)o1. The summed E-state index contributed by atoms with van der Waals surface area (Å²) >= 11 is 0. The summed E-state index contributed by atoms with van der Waals surface area (Å²) in [6.07, 6.45) is 1.81. The maximum atomic E-state index is 10.6. The topological polar surface area (TPSA) is 79.7 Å². The van der Waals surface area contributed by atoms with Crippen LogP contribution in [-0.4, -0.2) is 22.8 Å². The van der Waals surface area contributed by atoms with E-state index in [4.69, 9.17) is 15.4 Å². The molecule has 1 fully saturated rings. The van der Waals surface area contributed by atoms with Crippen molar-refractivity contribution < 1.29 is 14.4 Å². The molecule has 0 aliphatic heterocycles. The van der Waals surface area contributed by atoms with E-state index in [-0.39, 0.29) is 6.54 Å². The van der Waals surface area contributed by atoms with Crippen molar-refractivity contribution in [2.24, 2.45) is 11.7 Å². The van der Waals surface area contributed by atoms with Crippen LogP contribution in [0, 0.1) is 12.8 Å². The lowest BCUT2D eigenvalue weighted by atomic mass is 10.2. The van der Waals surface area contributed by atoms with Crippen molar-refractivity contribution in [2.45, 2.75) is 25.7 Å². The number of nitrogens with zero attached hydrogens (tertiary/aromatic N) is 1. The molecule has 3 N–H and O–H groups in total. The number of nitrogens with two attached hydrogens (primary N) is 1. The van der Waals surface area contributed by atoms with E-state index in [0.29, 0.717) is 16.9 Å². The molecular weight excluding hydrogens is 208 g/mol.